The first-order valence-corrected chi connectivity index (χ1v) is 21.2. The number of carboxylic acid groups (broad SMARTS) is 1. The van der Waals surface area contributed by atoms with E-state index in [0.717, 1.165) is 96.3 Å². The second kappa shape index (κ2) is 34.4. The Morgan fingerprint density at radius 1 is 0.564 bits per heavy atom. The zero-order valence-electron chi connectivity index (χ0n) is 33.9. The fraction of sp³-hybridized carbons (Fsp3) is 0.750. The number of rotatable bonds is 34. The second-order valence-electron chi connectivity index (χ2n) is 14.5. The molecule has 6 unspecified atom stereocenters. The summed E-state index contributed by atoms with van der Waals surface area (Å²) in [7, 11) is 0. The van der Waals surface area contributed by atoms with Crippen molar-refractivity contribution in [3.63, 3.8) is 0 Å². The molecule has 1 saturated heterocycles. The van der Waals surface area contributed by atoms with E-state index in [2.05, 4.69) is 62.5 Å². The summed E-state index contributed by atoms with van der Waals surface area (Å²) in [5.41, 5.74) is 0. The third kappa shape index (κ3) is 26.6. The fourth-order valence-corrected chi connectivity index (χ4v) is 6.00. The number of ether oxygens (including phenoxy) is 4. The Morgan fingerprint density at radius 3 is 1.62 bits per heavy atom. The maximum absolute atomic E-state index is 12.7. The van der Waals surface area contributed by atoms with Gasteiger partial charge in [-0.25, -0.2) is 4.79 Å². The minimum atomic E-state index is -1.86. The molecule has 11 nitrogen and oxygen atoms in total. The van der Waals surface area contributed by atoms with Crippen LogP contribution in [-0.2, 0) is 33.3 Å². The molecule has 1 aliphatic rings. The van der Waals surface area contributed by atoms with E-state index in [-0.39, 0.29) is 19.4 Å². The topological polar surface area (TPSA) is 169 Å². The van der Waals surface area contributed by atoms with Crippen LogP contribution in [0, 0.1) is 0 Å². The van der Waals surface area contributed by atoms with Crippen molar-refractivity contribution in [3.05, 3.63) is 48.6 Å². The third-order valence-electron chi connectivity index (χ3n) is 9.38. The lowest BCUT2D eigenvalue weighted by Crippen LogP contribution is -2.60. The van der Waals surface area contributed by atoms with E-state index >= 15 is 0 Å². The maximum Gasteiger partial charge on any atom is 0.335 e. The lowest BCUT2D eigenvalue weighted by Gasteiger charge is -2.38. The molecule has 4 N–H and O–H groups in total. The number of hydrogen-bond donors (Lipinski definition) is 4. The summed E-state index contributed by atoms with van der Waals surface area (Å²) >= 11 is 0. The molecule has 55 heavy (non-hydrogen) atoms. The van der Waals surface area contributed by atoms with Crippen LogP contribution < -0.4 is 0 Å². The van der Waals surface area contributed by atoms with Crippen LogP contribution in [0.25, 0.3) is 0 Å². The Labute approximate surface area is 331 Å². The molecule has 0 radical (unpaired) electrons. The zero-order chi connectivity index (χ0) is 40.4. The molecular weight excluding hydrogens is 704 g/mol. The number of hydrogen-bond acceptors (Lipinski definition) is 10. The average molecular weight is 779 g/mol. The summed E-state index contributed by atoms with van der Waals surface area (Å²) in [5.74, 6) is -2.48. The van der Waals surface area contributed by atoms with Crippen molar-refractivity contribution in [1.82, 2.24) is 0 Å². The van der Waals surface area contributed by atoms with Gasteiger partial charge in [0, 0.05) is 12.8 Å². The van der Waals surface area contributed by atoms with E-state index in [0.29, 0.717) is 12.8 Å². The van der Waals surface area contributed by atoms with Crippen LogP contribution in [0.2, 0.25) is 0 Å². The van der Waals surface area contributed by atoms with E-state index in [1.165, 1.54) is 25.7 Å². The van der Waals surface area contributed by atoms with Gasteiger partial charge in [-0.3, -0.25) is 9.59 Å². The van der Waals surface area contributed by atoms with Crippen molar-refractivity contribution < 1.29 is 53.8 Å². The molecule has 1 aliphatic heterocycles. The van der Waals surface area contributed by atoms with Gasteiger partial charge < -0.3 is 39.4 Å². The molecule has 0 aromatic carbocycles. The summed E-state index contributed by atoms with van der Waals surface area (Å²) in [6.07, 6.45) is 30.3. The van der Waals surface area contributed by atoms with Crippen molar-refractivity contribution in [1.29, 1.82) is 0 Å². The minimum Gasteiger partial charge on any atom is -0.479 e. The smallest absolute Gasteiger partial charge is 0.335 e. The number of carboxylic acids is 1. The van der Waals surface area contributed by atoms with E-state index < -0.39 is 61.3 Å². The first kappa shape index (κ1) is 50.2. The Balaban J connectivity index is 2.37. The number of carbonyl (C=O) groups excluding carboxylic acids is 2. The Hall–Kier alpha value is -2.83. The summed E-state index contributed by atoms with van der Waals surface area (Å²) < 4.78 is 21.6. The van der Waals surface area contributed by atoms with Crippen molar-refractivity contribution in [2.75, 3.05) is 13.2 Å². The van der Waals surface area contributed by atoms with Crippen LogP contribution in [0.3, 0.4) is 0 Å². The molecule has 6 atom stereocenters. The fourth-order valence-electron chi connectivity index (χ4n) is 6.00. The zero-order valence-corrected chi connectivity index (χ0v) is 33.9. The Bertz CT molecular complexity index is 1100. The van der Waals surface area contributed by atoms with Gasteiger partial charge in [0.1, 0.15) is 24.9 Å². The number of aliphatic hydroxyl groups is 3. The van der Waals surface area contributed by atoms with Crippen LogP contribution in [0.4, 0.5) is 0 Å². The number of unbranched alkanes of at least 4 members (excludes halogenated alkanes) is 15. The number of esters is 2. The van der Waals surface area contributed by atoms with Gasteiger partial charge in [0.05, 0.1) is 6.61 Å². The molecule has 0 saturated carbocycles. The van der Waals surface area contributed by atoms with Gasteiger partial charge in [0.15, 0.2) is 18.5 Å². The van der Waals surface area contributed by atoms with E-state index in [1.807, 2.05) is 0 Å². The molecular formula is C44H74O11. The van der Waals surface area contributed by atoms with Crippen molar-refractivity contribution >= 4 is 17.9 Å². The van der Waals surface area contributed by atoms with Crippen LogP contribution in [0.1, 0.15) is 162 Å². The van der Waals surface area contributed by atoms with Gasteiger partial charge in [0.2, 0.25) is 0 Å². The van der Waals surface area contributed by atoms with Gasteiger partial charge in [-0.2, -0.15) is 0 Å². The summed E-state index contributed by atoms with van der Waals surface area (Å²) in [6, 6.07) is 0. The van der Waals surface area contributed by atoms with Crippen LogP contribution in [0.5, 0.6) is 0 Å². The third-order valence-corrected chi connectivity index (χ3v) is 9.38. The molecule has 0 bridgehead atoms. The number of aliphatic carboxylic acids is 1. The second-order valence-corrected chi connectivity index (χ2v) is 14.5. The summed E-state index contributed by atoms with van der Waals surface area (Å²) in [6.45, 7) is 3.68. The van der Waals surface area contributed by atoms with Gasteiger partial charge in [0.25, 0.3) is 0 Å². The van der Waals surface area contributed by atoms with Crippen LogP contribution in [-0.4, -0.2) is 88.4 Å². The molecule has 0 amide bonds. The first-order chi connectivity index (χ1) is 26.7. The minimum absolute atomic E-state index is 0.167. The molecule has 1 heterocycles. The molecule has 1 rings (SSSR count). The van der Waals surface area contributed by atoms with E-state index in [4.69, 9.17) is 18.9 Å². The highest BCUT2D eigenvalue weighted by Crippen LogP contribution is 2.23. The molecule has 316 valence electrons. The monoisotopic (exact) mass is 779 g/mol. The van der Waals surface area contributed by atoms with E-state index in [9.17, 15) is 34.8 Å². The largest absolute Gasteiger partial charge is 0.479 e. The molecule has 0 aromatic heterocycles. The normalized spacial score (nSPS) is 20.9. The van der Waals surface area contributed by atoms with Crippen LogP contribution >= 0.6 is 0 Å². The SMILES string of the molecule is CCC/C=C\CCCCCCCC(=O)OC(COC(=O)CCCCCCCC/C=C\C/C=C\C/C=C\CCCCC)COC1OC(C(=O)O)C(O)C(O)C1O. The average Bonchev–Trinajstić information content (AvgIpc) is 3.17. The number of allylic oxidation sites excluding steroid dienone is 8. The predicted molar refractivity (Wildman–Crippen MR) is 215 cm³/mol. The van der Waals surface area contributed by atoms with Crippen molar-refractivity contribution in [3.8, 4) is 0 Å². The van der Waals surface area contributed by atoms with Gasteiger partial charge in [-0.15, -0.1) is 0 Å². The first-order valence-electron chi connectivity index (χ1n) is 21.2. The predicted octanol–water partition coefficient (Wildman–Crippen LogP) is 8.59. The Morgan fingerprint density at radius 2 is 1.05 bits per heavy atom. The van der Waals surface area contributed by atoms with Crippen molar-refractivity contribution in [2.24, 2.45) is 0 Å². The lowest BCUT2D eigenvalue weighted by molar-refractivity contribution is -0.298. The number of carbonyl (C=O) groups is 3. The lowest BCUT2D eigenvalue weighted by atomic mass is 9.99. The molecule has 11 heteroatoms. The molecule has 0 aliphatic carbocycles. The van der Waals surface area contributed by atoms with Crippen molar-refractivity contribution in [2.45, 2.75) is 198 Å². The van der Waals surface area contributed by atoms with Gasteiger partial charge >= 0.3 is 17.9 Å². The maximum atomic E-state index is 12.7. The van der Waals surface area contributed by atoms with Crippen LogP contribution in [0.15, 0.2) is 48.6 Å². The quantitative estimate of drug-likeness (QED) is 0.0280. The summed E-state index contributed by atoms with van der Waals surface area (Å²) in [5, 5.41) is 39.7. The highest BCUT2D eigenvalue weighted by atomic mass is 16.7. The highest BCUT2D eigenvalue weighted by Gasteiger charge is 2.47. The van der Waals surface area contributed by atoms with Gasteiger partial charge in [-0.1, -0.05) is 127 Å². The summed E-state index contributed by atoms with van der Waals surface area (Å²) in [4.78, 5) is 36.7. The Kier molecular flexibility index (Phi) is 31.4. The van der Waals surface area contributed by atoms with E-state index in [1.54, 1.807) is 0 Å². The molecule has 1 fully saturated rings. The highest BCUT2D eigenvalue weighted by molar-refractivity contribution is 5.73. The van der Waals surface area contributed by atoms with Gasteiger partial charge in [-0.05, 0) is 70.6 Å². The molecule has 0 spiro atoms. The number of aliphatic hydroxyl groups excluding tert-OH is 3. The standard InChI is InChI=1S/C44H74O11/c1-3-5-7-9-11-13-15-16-17-18-19-20-21-22-23-25-26-28-30-32-37(45)52-34-36(35-53-44-41(49)39(47)40(48)42(55-44)43(50)51)54-38(46)33-31-29-27-24-14-12-10-8-6-4-2/h8,10-11,13,16-17,19-20,36,39-42,44,47-49H,3-7,9,12,14-15,18,21-35H2,1-2H3,(H,50,51)/b10-8-,13-11-,17-16-,20-19-. The molecule has 0 aromatic rings.